The minimum Gasteiger partial charge on any atom is -0.494 e. The average Bonchev–Trinajstić information content (AvgIpc) is 1.64. The number of aryl methyl sites for hydroxylation is 1. The third-order valence-electron chi connectivity index (χ3n) is 18.0. The number of hydrogen-bond acceptors (Lipinski definition) is 24. The molecule has 31 heteroatoms. The number of ether oxygens (including phenoxy) is 14. The number of benzene rings is 4. The average molecular weight is 1500 g/mol. The molecule has 0 spiro atoms. The van der Waals surface area contributed by atoms with E-state index in [1.165, 1.54) is 24.9 Å². The molecule has 4 atom stereocenters. The lowest BCUT2D eigenvalue weighted by atomic mass is 10.0. The summed E-state index contributed by atoms with van der Waals surface area (Å²) in [5.41, 5.74) is 6.31. The first-order chi connectivity index (χ1) is 52.5. The summed E-state index contributed by atoms with van der Waals surface area (Å²) < 4.78 is 80.3. The summed E-state index contributed by atoms with van der Waals surface area (Å²) in [7, 11) is 3.02. The number of hydrogen-bond donors (Lipinski definition) is 6. The number of methoxy groups -OCH3 is 2. The van der Waals surface area contributed by atoms with Crippen molar-refractivity contribution in [3.63, 3.8) is 0 Å². The van der Waals surface area contributed by atoms with E-state index in [1.807, 2.05) is 42.7 Å². The van der Waals surface area contributed by atoms with Gasteiger partial charge in [-0.1, -0.05) is 32.0 Å². The molecule has 0 aliphatic carbocycles. The Morgan fingerprint density at radius 1 is 0.546 bits per heavy atom. The van der Waals surface area contributed by atoms with Gasteiger partial charge in [-0.3, -0.25) is 43.3 Å². The van der Waals surface area contributed by atoms with E-state index in [2.05, 4.69) is 21.3 Å². The smallest absolute Gasteiger partial charge is 0.260 e. The van der Waals surface area contributed by atoms with Crippen LogP contribution < -0.4 is 49.7 Å². The first-order valence-electron chi connectivity index (χ1n) is 36.2. The third-order valence-corrected chi connectivity index (χ3v) is 18.0. The van der Waals surface area contributed by atoms with Crippen LogP contribution in [0.2, 0.25) is 0 Å². The van der Waals surface area contributed by atoms with E-state index in [-0.39, 0.29) is 106 Å². The zero-order chi connectivity index (χ0) is 76.3. The van der Waals surface area contributed by atoms with E-state index in [0.29, 0.717) is 187 Å². The van der Waals surface area contributed by atoms with E-state index in [9.17, 15) is 39.0 Å². The summed E-state index contributed by atoms with van der Waals surface area (Å²) in [6, 6.07) is 18.6. The highest BCUT2D eigenvalue weighted by atomic mass is 16.7. The number of nitrogens with one attached hydrogen (secondary N) is 4. The first kappa shape index (κ1) is 80.4. The molecule has 5 aliphatic rings. The molecule has 4 unspecified atom stereocenters. The number of aromatic hydroxyl groups is 2. The van der Waals surface area contributed by atoms with Crippen LogP contribution in [0.5, 0.6) is 46.3 Å². The first-order valence-corrected chi connectivity index (χ1v) is 36.2. The molecule has 1 aromatic heterocycles. The third kappa shape index (κ3) is 22.5. The molecule has 108 heavy (non-hydrogen) atoms. The zero-order valence-corrected chi connectivity index (χ0v) is 61.8. The number of carbonyl (C=O) groups excluding carboxylic acids is 6. The molecule has 6 amide bonds. The van der Waals surface area contributed by atoms with Gasteiger partial charge < -0.3 is 108 Å². The molecule has 6 N–H and O–H groups in total. The molecular formula is C77H97N9O22. The maximum Gasteiger partial charge on any atom is 0.260 e. The van der Waals surface area contributed by atoms with Gasteiger partial charge >= 0.3 is 0 Å². The van der Waals surface area contributed by atoms with Crippen LogP contribution in [0.1, 0.15) is 90.3 Å². The van der Waals surface area contributed by atoms with Crippen LogP contribution in [-0.2, 0) is 63.6 Å². The van der Waals surface area contributed by atoms with E-state index >= 15 is 0 Å². The Kier molecular flexibility index (Phi) is 30.3. The molecule has 31 nitrogen and oxygen atoms in total. The van der Waals surface area contributed by atoms with Crippen LogP contribution in [-0.4, -0.2) is 243 Å². The highest BCUT2D eigenvalue weighted by Gasteiger charge is 2.36. The fraction of sp³-hybridized carbons (Fsp3) is 0.481. The van der Waals surface area contributed by atoms with Crippen molar-refractivity contribution < 1.29 is 105 Å². The van der Waals surface area contributed by atoms with Gasteiger partial charge in [0.25, 0.3) is 11.8 Å². The van der Waals surface area contributed by atoms with Gasteiger partial charge in [0, 0.05) is 99.5 Å². The van der Waals surface area contributed by atoms with Gasteiger partial charge in [-0.25, -0.2) is 0 Å². The SMILES string of the molecule is COc1cc2c(cc1OCCCOc1cc3c(cc1OC)C(=O)N1C=C(c4ccc5c(c4)OCO5)CC1C=N3)N=CC1CC(c3ccc(NC(=O)C(C)NC(=O)C(NC(=O)CCOCCOCCOCCOCCOCCOCCOCCOCCNC(=O)CCn4c(O)cc(C)c4O)C(C)C)cc3)=CN1C2=O. The molecule has 0 bridgehead atoms. The number of fused-ring (bicyclic) bond motifs is 5. The minimum atomic E-state index is -0.944. The number of nitrogens with zero attached hydrogens (tertiary/aromatic N) is 5. The van der Waals surface area contributed by atoms with Crippen molar-refractivity contribution in [2.24, 2.45) is 15.9 Å². The lowest BCUT2D eigenvalue weighted by Crippen LogP contribution is -2.53. The van der Waals surface area contributed by atoms with Gasteiger partial charge in [-0.2, -0.15) is 0 Å². The maximum atomic E-state index is 14.2. The maximum absolute atomic E-state index is 14.2. The second-order valence-corrected chi connectivity index (χ2v) is 26.0. The monoisotopic (exact) mass is 1500 g/mol. The minimum absolute atomic E-state index is 0.0122. The van der Waals surface area contributed by atoms with Gasteiger partial charge in [0.2, 0.25) is 30.4 Å². The molecule has 0 fully saturated rings. The van der Waals surface area contributed by atoms with Gasteiger partial charge in [0.1, 0.15) is 12.1 Å². The molecule has 10 rings (SSSR count). The highest BCUT2D eigenvalue weighted by Crippen LogP contribution is 2.43. The fourth-order valence-corrected chi connectivity index (χ4v) is 12.1. The van der Waals surface area contributed by atoms with E-state index in [1.54, 1.807) is 86.3 Å². The quantitative estimate of drug-likeness (QED) is 0.0212. The number of aliphatic imine (C=N–C) groups is 2. The van der Waals surface area contributed by atoms with Crippen LogP contribution in [0.25, 0.3) is 11.1 Å². The second kappa shape index (κ2) is 40.7. The van der Waals surface area contributed by atoms with Gasteiger partial charge in [0.05, 0.1) is 168 Å². The van der Waals surface area contributed by atoms with Crippen LogP contribution in [0.3, 0.4) is 0 Å². The van der Waals surface area contributed by atoms with Crippen LogP contribution >= 0.6 is 0 Å². The van der Waals surface area contributed by atoms with E-state index in [4.69, 9.17) is 76.3 Å². The Bertz CT molecular complexity index is 4030. The lowest BCUT2D eigenvalue weighted by Gasteiger charge is -2.24. The molecule has 4 aromatic carbocycles. The van der Waals surface area contributed by atoms with Crippen molar-refractivity contribution in [3.05, 3.63) is 113 Å². The van der Waals surface area contributed by atoms with Crippen molar-refractivity contribution in [3.8, 4) is 46.3 Å². The molecule has 0 saturated carbocycles. The predicted molar refractivity (Wildman–Crippen MR) is 396 cm³/mol. The Hall–Kier alpha value is -10.1. The molecular weight excluding hydrogens is 1400 g/mol. The molecule has 6 heterocycles. The predicted octanol–water partition coefficient (Wildman–Crippen LogP) is 7.06. The summed E-state index contributed by atoms with van der Waals surface area (Å²) in [5, 5.41) is 30.8. The summed E-state index contributed by atoms with van der Waals surface area (Å²) in [4.78, 5) is 92.7. The number of rotatable bonds is 46. The van der Waals surface area contributed by atoms with Gasteiger partial charge in [-0.15, -0.1) is 0 Å². The summed E-state index contributed by atoms with van der Waals surface area (Å²) in [6.07, 6.45) is 8.84. The van der Waals surface area contributed by atoms with Crippen LogP contribution in [0, 0.1) is 12.8 Å². The molecule has 0 saturated heterocycles. The van der Waals surface area contributed by atoms with E-state index < -0.39 is 23.9 Å². The number of anilines is 1. The van der Waals surface area contributed by atoms with Gasteiger partial charge in [0.15, 0.2) is 46.3 Å². The van der Waals surface area contributed by atoms with Crippen molar-refractivity contribution in [2.45, 2.75) is 90.5 Å². The Morgan fingerprint density at radius 2 is 1.04 bits per heavy atom. The number of amides is 6. The largest absolute Gasteiger partial charge is 0.494 e. The molecule has 5 aliphatic heterocycles. The van der Waals surface area contributed by atoms with E-state index in [0.717, 1.165) is 22.3 Å². The molecule has 5 aromatic rings. The fourth-order valence-electron chi connectivity index (χ4n) is 12.1. The van der Waals surface area contributed by atoms with Crippen molar-refractivity contribution in [1.82, 2.24) is 30.3 Å². The standard InChI is InChI=1S/C77H97N9O22/c1-49(2)72(83-70(88)15-20-97-22-24-99-26-28-101-30-32-103-34-35-104-33-31-102-29-27-100-25-23-98-21-16-78-69(87)14-17-84-71(89)36-50(3)75(84)92)74(91)81-51(4)73(90)82-56-11-8-52(9-12-56)54-37-57-44-79-61-42-67(64(95-5)40-59(61)76(93)85(57)46-54)105-18-7-19-106-68-43-62-60(41-65(68)96-6)77(94)86-47-55(38-58(86)45-80-62)53-10-13-63-66(39-53)108-48-107-63/h8-13,36,39-47,49,51,57-58,72,89,92H,7,14-35,37-38,48H2,1-6H3,(H,78,87)(H,81,91)(H,82,90)(H,83,88). The van der Waals surface area contributed by atoms with Crippen molar-refractivity contribution in [1.29, 1.82) is 0 Å². The summed E-state index contributed by atoms with van der Waals surface area (Å²) in [5.74, 6) is 0.469. The van der Waals surface area contributed by atoms with Gasteiger partial charge in [-0.05, 0) is 78.4 Å². The topological polar surface area (TPSA) is 356 Å². The number of carbonyl (C=O) groups is 6. The lowest BCUT2D eigenvalue weighted by molar-refractivity contribution is -0.132. The molecule has 0 radical (unpaired) electrons. The Labute approximate surface area is 626 Å². The van der Waals surface area contributed by atoms with Crippen LogP contribution in [0.4, 0.5) is 17.1 Å². The Balaban J connectivity index is 0.536. The molecule has 582 valence electrons. The Morgan fingerprint density at radius 3 is 1.54 bits per heavy atom. The number of aromatic nitrogens is 1. The van der Waals surface area contributed by atoms with Crippen molar-refractivity contribution in [2.75, 3.05) is 152 Å². The zero-order valence-electron chi connectivity index (χ0n) is 61.8. The summed E-state index contributed by atoms with van der Waals surface area (Å²) >= 11 is 0. The normalized spacial score (nSPS) is 15.8. The second-order valence-electron chi connectivity index (χ2n) is 26.0. The van der Waals surface area contributed by atoms with Crippen molar-refractivity contribution >= 4 is 76.1 Å². The summed E-state index contributed by atoms with van der Waals surface area (Å²) in [6.45, 7) is 13.7. The highest BCUT2D eigenvalue weighted by molar-refractivity contribution is 6.07. The van der Waals surface area contributed by atoms with Crippen LogP contribution in [0.15, 0.2) is 95.2 Å².